The highest BCUT2D eigenvalue weighted by atomic mass is 19.1. The van der Waals surface area contributed by atoms with E-state index in [4.69, 9.17) is 14.2 Å². The Labute approximate surface area is 278 Å². The van der Waals surface area contributed by atoms with Crippen LogP contribution < -0.4 is 30.2 Å². The first kappa shape index (κ1) is 35.5. The zero-order chi connectivity index (χ0) is 33.8. The van der Waals surface area contributed by atoms with Crippen molar-refractivity contribution < 1.29 is 28.2 Å². The van der Waals surface area contributed by atoms with Crippen LogP contribution in [0.2, 0.25) is 0 Å². The Morgan fingerprint density at radius 3 is 2.26 bits per heavy atom. The molecule has 0 aliphatic carbocycles. The van der Waals surface area contributed by atoms with Gasteiger partial charge in [-0.15, -0.1) is 0 Å². The minimum atomic E-state index is -0.627. The number of halogens is 1. The number of carbonyl (C=O) groups is 2. The van der Waals surface area contributed by atoms with E-state index in [1.54, 1.807) is 42.5 Å². The van der Waals surface area contributed by atoms with Crippen molar-refractivity contribution in [1.29, 1.82) is 0 Å². The van der Waals surface area contributed by atoms with Gasteiger partial charge in [-0.05, 0) is 101 Å². The van der Waals surface area contributed by atoms with Crippen molar-refractivity contribution in [3.63, 3.8) is 0 Å². The van der Waals surface area contributed by atoms with Crippen LogP contribution in [0.25, 0.3) is 0 Å². The molecule has 254 valence electrons. The lowest BCUT2D eigenvalue weighted by molar-refractivity contribution is 0.0986. The first-order valence-corrected chi connectivity index (χ1v) is 16.9. The van der Waals surface area contributed by atoms with Crippen molar-refractivity contribution in [2.75, 3.05) is 36.9 Å². The van der Waals surface area contributed by atoms with Gasteiger partial charge in [0, 0.05) is 42.6 Å². The van der Waals surface area contributed by atoms with Gasteiger partial charge in [0.2, 0.25) is 0 Å². The topological polar surface area (TPSA) is 101 Å². The van der Waals surface area contributed by atoms with Gasteiger partial charge in [0.15, 0.2) is 11.5 Å². The van der Waals surface area contributed by atoms with Gasteiger partial charge in [-0.2, -0.15) is 0 Å². The third-order valence-corrected chi connectivity index (χ3v) is 8.33. The molecule has 3 aromatic carbocycles. The summed E-state index contributed by atoms with van der Waals surface area (Å²) in [7, 11) is 0. The molecule has 0 saturated carbocycles. The van der Waals surface area contributed by atoms with Gasteiger partial charge in [0.05, 0.1) is 12.2 Å². The van der Waals surface area contributed by atoms with Crippen molar-refractivity contribution >= 4 is 23.3 Å². The molecule has 1 aliphatic rings. The number of carbonyl (C=O) groups excluding carboxylic acids is 2. The number of anilines is 2. The molecule has 3 amide bonds. The fourth-order valence-corrected chi connectivity index (χ4v) is 5.49. The van der Waals surface area contributed by atoms with E-state index >= 15 is 4.39 Å². The molecule has 0 radical (unpaired) electrons. The number of likely N-dealkylation sites (tertiary alicyclic amines) is 1. The maximum atomic E-state index is 15.1. The van der Waals surface area contributed by atoms with Crippen molar-refractivity contribution in [3.8, 4) is 23.0 Å². The summed E-state index contributed by atoms with van der Waals surface area (Å²) in [5.74, 6) is 0.754. The lowest BCUT2D eigenvalue weighted by atomic mass is 10.1. The van der Waals surface area contributed by atoms with Crippen molar-refractivity contribution in [2.24, 2.45) is 0 Å². The zero-order valence-electron chi connectivity index (χ0n) is 28.3. The summed E-state index contributed by atoms with van der Waals surface area (Å²) >= 11 is 0. The molecule has 0 spiro atoms. The van der Waals surface area contributed by atoms with Crippen LogP contribution in [-0.2, 0) is 0 Å². The number of urea groups is 1. The largest absolute Gasteiger partial charge is 0.490 e. The minimum absolute atomic E-state index is 0.0383. The monoisotopic (exact) mass is 648 g/mol. The van der Waals surface area contributed by atoms with Crippen LogP contribution in [0.1, 0.15) is 82.1 Å². The molecule has 0 atom stereocenters. The van der Waals surface area contributed by atoms with Crippen LogP contribution in [0.4, 0.5) is 20.6 Å². The lowest BCUT2D eigenvalue weighted by Crippen LogP contribution is -2.38. The molecule has 4 rings (SSSR count). The summed E-state index contributed by atoms with van der Waals surface area (Å²) in [6.07, 6.45) is 5.92. The molecule has 1 aliphatic heterocycles. The summed E-state index contributed by atoms with van der Waals surface area (Å²) < 4.78 is 33.1. The molecule has 0 bridgehead atoms. The normalized spacial score (nSPS) is 13.7. The quantitative estimate of drug-likeness (QED) is 0.153. The fraction of sp³-hybridized carbons (Fsp3) is 0.459. The van der Waals surface area contributed by atoms with E-state index in [2.05, 4.69) is 27.8 Å². The third-order valence-electron chi connectivity index (χ3n) is 8.33. The van der Waals surface area contributed by atoms with Crippen LogP contribution in [-0.4, -0.2) is 55.2 Å². The van der Waals surface area contributed by atoms with Crippen LogP contribution in [0, 0.1) is 12.7 Å². The van der Waals surface area contributed by atoms with E-state index in [0.717, 1.165) is 45.3 Å². The van der Waals surface area contributed by atoms with Crippen molar-refractivity contribution in [3.05, 3.63) is 71.5 Å². The molecule has 1 saturated heterocycles. The molecule has 0 unspecified atom stereocenters. The maximum Gasteiger partial charge on any atom is 0.319 e. The SMILES string of the molecule is CCCCN1CCC(Oc2cc(F)c(C(=O)Nc3ccc(Oc4ccc(NC(=O)NC(CC)CC)cc4OCC)cc3)cc2C)CC1. The van der Waals surface area contributed by atoms with Gasteiger partial charge in [0.25, 0.3) is 5.91 Å². The Kier molecular flexibility index (Phi) is 13.3. The van der Waals surface area contributed by atoms with E-state index in [9.17, 15) is 9.59 Å². The number of hydrogen-bond acceptors (Lipinski definition) is 6. The fourth-order valence-electron chi connectivity index (χ4n) is 5.49. The standard InChI is InChI=1S/C37H49FN4O5/c1-6-10-19-42-20-17-30(18-21-42)47-34-24-32(38)31(22-25(34)5)36(43)39-27-11-14-29(15-12-27)46-33-16-13-28(23-35(33)45-9-4)41-37(44)40-26(7-2)8-3/h11-16,22-24,26,30H,6-10,17-21H2,1-5H3,(H,39,43)(H2,40,41,44). The van der Waals surface area contributed by atoms with E-state index in [0.29, 0.717) is 46.5 Å². The second-order valence-electron chi connectivity index (χ2n) is 11.9. The number of aryl methyl sites for hydroxylation is 1. The van der Waals surface area contributed by atoms with Gasteiger partial charge in [0.1, 0.15) is 23.4 Å². The number of benzene rings is 3. The lowest BCUT2D eigenvalue weighted by Gasteiger charge is -2.32. The van der Waals surface area contributed by atoms with Crippen LogP contribution in [0.15, 0.2) is 54.6 Å². The van der Waals surface area contributed by atoms with E-state index in [-0.39, 0.29) is 23.7 Å². The molecule has 1 heterocycles. The van der Waals surface area contributed by atoms with Gasteiger partial charge < -0.3 is 35.1 Å². The molecule has 1 fully saturated rings. The zero-order valence-corrected chi connectivity index (χ0v) is 28.3. The predicted octanol–water partition coefficient (Wildman–Crippen LogP) is 8.53. The Morgan fingerprint density at radius 2 is 1.60 bits per heavy atom. The van der Waals surface area contributed by atoms with Gasteiger partial charge >= 0.3 is 6.03 Å². The summed E-state index contributed by atoms with van der Waals surface area (Å²) in [6.45, 7) is 13.4. The molecular formula is C37H49FN4O5. The molecule has 10 heteroatoms. The average molecular weight is 649 g/mol. The molecule has 3 N–H and O–H groups in total. The second kappa shape index (κ2) is 17.6. The highest BCUT2D eigenvalue weighted by Gasteiger charge is 2.22. The Bertz CT molecular complexity index is 1470. The van der Waals surface area contributed by atoms with Crippen LogP contribution in [0.3, 0.4) is 0 Å². The minimum Gasteiger partial charge on any atom is -0.490 e. The number of piperidine rings is 1. The first-order valence-electron chi connectivity index (χ1n) is 16.9. The maximum absolute atomic E-state index is 15.1. The Hall–Kier alpha value is -4.31. The highest BCUT2D eigenvalue weighted by Crippen LogP contribution is 2.35. The van der Waals surface area contributed by atoms with Gasteiger partial charge in [-0.1, -0.05) is 27.2 Å². The highest BCUT2D eigenvalue weighted by molar-refractivity contribution is 6.04. The summed E-state index contributed by atoms with van der Waals surface area (Å²) in [6, 6.07) is 14.6. The Morgan fingerprint density at radius 1 is 0.894 bits per heavy atom. The number of hydrogen-bond donors (Lipinski definition) is 3. The first-order chi connectivity index (χ1) is 22.7. The molecule has 3 aromatic rings. The van der Waals surface area contributed by atoms with Crippen LogP contribution in [0.5, 0.6) is 23.0 Å². The number of nitrogens with one attached hydrogen (secondary N) is 3. The van der Waals surface area contributed by atoms with E-state index in [1.807, 2.05) is 27.7 Å². The molecule has 0 aromatic heterocycles. The predicted molar refractivity (Wildman–Crippen MR) is 185 cm³/mol. The van der Waals surface area contributed by atoms with Crippen LogP contribution >= 0.6 is 0 Å². The molecule has 9 nitrogen and oxygen atoms in total. The molecule has 47 heavy (non-hydrogen) atoms. The summed E-state index contributed by atoms with van der Waals surface area (Å²) in [4.78, 5) is 27.9. The van der Waals surface area contributed by atoms with Crippen molar-refractivity contribution in [1.82, 2.24) is 10.2 Å². The second-order valence-corrected chi connectivity index (χ2v) is 11.9. The number of rotatable bonds is 15. The summed E-state index contributed by atoms with van der Waals surface area (Å²) in [5, 5.41) is 8.56. The number of nitrogens with zero attached hydrogens (tertiary/aromatic N) is 1. The van der Waals surface area contributed by atoms with Gasteiger partial charge in [-0.3, -0.25) is 4.79 Å². The number of unbranched alkanes of at least 4 members (excludes halogenated alkanes) is 1. The summed E-state index contributed by atoms with van der Waals surface area (Å²) in [5.41, 5.74) is 1.73. The van der Waals surface area contributed by atoms with E-state index in [1.165, 1.54) is 25.0 Å². The smallest absolute Gasteiger partial charge is 0.319 e. The number of ether oxygens (including phenoxy) is 3. The molecular weight excluding hydrogens is 599 g/mol. The third kappa shape index (κ3) is 10.3. The Balaban J connectivity index is 1.34. The van der Waals surface area contributed by atoms with Crippen molar-refractivity contribution in [2.45, 2.75) is 85.3 Å². The average Bonchev–Trinajstić information content (AvgIpc) is 3.07. The van der Waals surface area contributed by atoms with Gasteiger partial charge in [-0.25, -0.2) is 9.18 Å². The number of amides is 3. The van der Waals surface area contributed by atoms with E-state index < -0.39 is 11.7 Å².